The van der Waals surface area contributed by atoms with Crippen molar-refractivity contribution in [3.63, 3.8) is 0 Å². The van der Waals surface area contributed by atoms with Crippen LogP contribution in [0, 0.1) is 6.92 Å². The first-order valence-electron chi connectivity index (χ1n) is 9.02. The van der Waals surface area contributed by atoms with Crippen LogP contribution in [0.1, 0.15) is 5.56 Å². The van der Waals surface area contributed by atoms with Gasteiger partial charge in [-0.05, 0) is 42.8 Å². The van der Waals surface area contributed by atoms with Crippen molar-refractivity contribution in [2.45, 2.75) is 6.92 Å². The number of nitrogens with zero attached hydrogens (tertiary/aromatic N) is 2. The quantitative estimate of drug-likeness (QED) is 0.751. The number of carbonyl (C=O) groups excluding carboxylic acids is 1. The molecule has 148 valence electrons. The number of rotatable bonds is 4. The Labute approximate surface area is 163 Å². The molecule has 3 N–H and O–H groups in total. The number of nitrogens with one attached hydrogen (secondary N) is 2. The van der Waals surface area contributed by atoms with Crippen LogP contribution in [0.2, 0.25) is 0 Å². The van der Waals surface area contributed by atoms with Crippen LogP contribution in [0.4, 0.5) is 26.7 Å². The van der Waals surface area contributed by atoms with E-state index in [0.717, 1.165) is 11.3 Å². The van der Waals surface area contributed by atoms with E-state index in [9.17, 15) is 9.59 Å². The number of aryl methyl sites for hydroxylation is 1. The minimum atomic E-state index is -0.879. The number of carbonyl (C=O) groups is 2. The summed E-state index contributed by atoms with van der Waals surface area (Å²) in [5.41, 5.74) is 3.20. The van der Waals surface area contributed by atoms with Crippen molar-refractivity contribution in [3.05, 3.63) is 48.0 Å². The van der Waals surface area contributed by atoms with Gasteiger partial charge in [-0.25, -0.2) is 9.59 Å². The molecule has 0 aromatic heterocycles. The molecule has 28 heavy (non-hydrogen) atoms. The smallest absolute Gasteiger partial charge is 0.407 e. The second-order valence-electron chi connectivity index (χ2n) is 6.54. The SMILES string of the molecule is COc1c(C)cccc1NC(=O)Nc1ccc(N2CCN(C(=O)O)CC2)cc1. The molecular formula is C20H24N4O4. The largest absolute Gasteiger partial charge is 0.494 e. The van der Waals surface area contributed by atoms with E-state index in [1.54, 1.807) is 13.2 Å². The highest BCUT2D eigenvalue weighted by atomic mass is 16.5. The molecule has 3 amide bonds. The topological polar surface area (TPSA) is 94.1 Å². The summed E-state index contributed by atoms with van der Waals surface area (Å²) < 4.78 is 5.34. The average Bonchev–Trinajstić information content (AvgIpc) is 2.69. The summed E-state index contributed by atoms with van der Waals surface area (Å²) in [5.74, 6) is 0.633. The van der Waals surface area contributed by atoms with Gasteiger partial charge in [-0.15, -0.1) is 0 Å². The third kappa shape index (κ3) is 4.46. The van der Waals surface area contributed by atoms with Crippen LogP contribution < -0.4 is 20.3 Å². The van der Waals surface area contributed by atoms with Gasteiger partial charge in [0.2, 0.25) is 0 Å². The number of carboxylic acid groups (broad SMARTS) is 1. The minimum absolute atomic E-state index is 0.355. The number of ether oxygens (including phenoxy) is 1. The Balaban J connectivity index is 1.58. The second-order valence-corrected chi connectivity index (χ2v) is 6.54. The van der Waals surface area contributed by atoms with Crippen molar-refractivity contribution in [3.8, 4) is 5.75 Å². The van der Waals surface area contributed by atoms with Crippen LogP contribution in [0.15, 0.2) is 42.5 Å². The highest BCUT2D eigenvalue weighted by Gasteiger charge is 2.20. The molecule has 1 saturated heterocycles. The first-order chi connectivity index (χ1) is 13.5. The molecule has 2 aromatic carbocycles. The molecule has 0 aliphatic carbocycles. The Morgan fingerprint density at radius 2 is 1.68 bits per heavy atom. The Kier molecular flexibility index (Phi) is 5.88. The Bertz CT molecular complexity index is 846. The van der Waals surface area contributed by atoms with Crippen LogP contribution in [-0.4, -0.2) is 55.4 Å². The minimum Gasteiger partial charge on any atom is -0.494 e. The zero-order valence-corrected chi connectivity index (χ0v) is 15.9. The van der Waals surface area contributed by atoms with E-state index in [0.29, 0.717) is 43.3 Å². The van der Waals surface area contributed by atoms with Crippen molar-refractivity contribution < 1.29 is 19.4 Å². The second kappa shape index (κ2) is 8.51. The molecule has 0 radical (unpaired) electrons. The number of methoxy groups -OCH3 is 1. The third-order valence-corrected chi connectivity index (χ3v) is 4.70. The molecular weight excluding hydrogens is 360 g/mol. The number of para-hydroxylation sites is 1. The van der Waals surface area contributed by atoms with E-state index in [2.05, 4.69) is 15.5 Å². The summed E-state index contributed by atoms with van der Waals surface area (Å²) in [7, 11) is 1.57. The predicted molar refractivity (Wildman–Crippen MR) is 109 cm³/mol. The maximum absolute atomic E-state index is 12.3. The van der Waals surface area contributed by atoms with E-state index in [4.69, 9.17) is 9.84 Å². The van der Waals surface area contributed by atoms with Gasteiger partial charge in [-0.2, -0.15) is 0 Å². The number of benzene rings is 2. The van der Waals surface area contributed by atoms with Gasteiger partial charge in [0.05, 0.1) is 12.8 Å². The fourth-order valence-corrected chi connectivity index (χ4v) is 3.22. The fraction of sp³-hybridized carbons (Fsp3) is 0.300. The van der Waals surface area contributed by atoms with E-state index in [1.165, 1.54) is 4.90 Å². The highest BCUT2D eigenvalue weighted by Crippen LogP contribution is 2.28. The number of piperazine rings is 1. The number of hydrogen-bond acceptors (Lipinski definition) is 4. The molecule has 1 aliphatic heterocycles. The predicted octanol–water partition coefficient (Wildman–Crippen LogP) is 3.45. The molecule has 1 fully saturated rings. The monoisotopic (exact) mass is 384 g/mol. The first kappa shape index (κ1) is 19.3. The average molecular weight is 384 g/mol. The number of hydrogen-bond donors (Lipinski definition) is 3. The Morgan fingerprint density at radius 3 is 2.29 bits per heavy atom. The van der Waals surface area contributed by atoms with E-state index in [1.807, 2.05) is 43.3 Å². The van der Waals surface area contributed by atoms with Crippen molar-refractivity contribution >= 4 is 29.2 Å². The number of anilines is 3. The molecule has 0 spiro atoms. The highest BCUT2D eigenvalue weighted by molar-refractivity contribution is 6.00. The van der Waals surface area contributed by atoms with Crippen LogP contribution in [0.5, 0.6) is 5.75 Å². The molecule has 3 rings (SSSR count). The maximum atomic E-state index is 12.3. The molecule has 8 heteroatoms. The summed E-state index contributed by atoms with van der Waals surface area (Å²) >= 11 is 0. The van der Waals surface area contributed by atoms with Gasteiger partial charge in [0, 0.05) is 37.6 Å². The molecule has 0 unspecified atom stereocenters. The maximum Gasteiger partial charge on any atom is 0.407 e. The lowest BCUT2D eigenvalue weighted by Gasteiger charge is -2.34. The summed E-state index contributed by atoms with van der Waals surface area (Å²) in [5, 5.41) is 14.6. The van der Waals surface area contributed by atoms with Gasteiger partial charge >= 0.3 is 12.1 Å². The summed E-state index contributed by atoms with van der Waals surface area (Å²) in [6.07, 6.45) is -0.879. The van der Waals surface area contributed by atoms with Crippen LogP contribution in [-0.2, 0) is 0 Å². The van der Waals surface area contributed by atoms with E-state index < -0.39 is 6.09 Å². The first-order valence-corrected chi connectivity index (χ1v) is 9.02. The lowest BCUT2D eigenvalue weighted by atomic mass is 10.2. The lowest BCUT2D eigenvalue weighted by Crippen LogP contribution is -2.48. The van der Waals surface area contributed by atoms with Gasteiger partial charge in [-0.1, -0.05) is 12.1 Å². The standard InChI is InChI=1S/C20H24N4O4/c1-14-4-3-5-17(18(14)28-2)22-19(25)21-15-6-8-16(9-7-15)23-10-12-24(13-11-23)20(26)27/h3-9H,10-13H2,1-2H3,(H,26,27)(H2,21,22,25). The Morgan fingerprint density at radius 1 is 1.00 bits per heavy atom. The molecule has 1 heterocycles. The molecule has 2 aromatic rings. The molecule has 0 atom stereocenters. The van der Waals surface area contributed by atoms with Crippen molar-refractivity contribution in [2.75, 3.05) is 48.8 Å². The van der Waals surface area contributed by atoms with Crippen LogP contribution >= 0.6 is 0 Å². The van der Waals surface area contributed by atoms with Crippen LogP contribution in [0.3, 0.4) is 0 Å². The molecule has 0 bridgehead atoms. The number of urea groups is 1. The molecule has 8 nitrogen and oxygen atoms in total. The van der Waals surface area contributed by atoms with Crippen molar-refractivity contribution in [1.29, 1.82) is 0 Å². The third-order valence-electron chi connectivity index (χ3n) is 4.70. The Hall–Kier alpha value is -3.42. The van der Waals surface area contributed by atoms with Gasteiger partial charge in [-0.3, -0.25) is 0 Å². The normalized spacial score (nSPS) is 13.8. The van der Waals surface area contributed by atoms with Crippen LogP contribution in [0.25, 0.3) is 0 Å². The van der Waals surface area contributed by atoms with Crippen molar-refractivity contribution in [1.82, 2.24) is 4.90 Å². The summed E-state index contributed by atoms with van der Waals surface area (Å²) in [4.78, 5) is 26.8. The van der Waals surface area contributed by atoms with E-state index in [-0.39, 0.29) is 6.03 Å². The zero-order valence-electron chi connectivity index (χ0n) is 15.9. The lowest BCUT2D eigenvalue weighted by molar-refractivity contribution is 0.142. The van der Waals surface area contributed by atoms with Gasteiger partial charge < -0.3 is 30.3 Å². The van der Waals surface area contributed by atoms with Gasteiger partial charge in [0.25, 0.3) is 0 Å². The molecule has 0 saturated carbocycles. The zero-order chi connectivity index (χ0) is 20.1. The van der Waals surface area contributed by atoms with Gasteiger partial charge in [0.1, 0.15) is 5.75 Å². The number of amides is 3. The van der Waals surface area contributed by atoms with E-state index >= 15 is 0 Å². The summed E-state index contributed by atoms with van der Waals surface area (Å²) in [6.45, 7) is 4.17. The fourth-order valence-electron chi connectivity index (χ4n) is 3.22. The van der Waals surface area contributed by atoms with Crippen molar-refractivity contribution in [2.24, 2.45) is 0 Å². The molecule has 1 aliphatic rings. The van der Waals surface area contributed by atoms with Gasteiger partial charge in [0.15, 0.2) is 0 Å². The summed E-state index contributed by atoms with van der Waals surface area (Å²) in [6, 6.07) is 12.7.